The van der Waals surface area contributed by atoms with Crippen LogP contribution in [-0.2, 0) is 9.53 Å². The minimum Gasteiger partial charge on any atom is -0.469 e. The largest absolute Gasteiger partial charge is 0.469 e. The molecule has 0 bridgehead atoms. The number of nitrogens with one attached hydrogen (secondary N) is 1. The van der Waals surface area contributed by atoms with Crippen molar-refractivity contribution in [3.8, 4) is 0 Å². The van der Waals surface area contributed by atoms with E-state index in [0.29, 0.717) is 12.3 Å². The molecule has 0 atom stereocenters. The molecule has 0 amide bonds. The molecule has 4 heteroatoms. The minimum absolute atomic E-state index is 0.0463. The number of nitrogens with zero attached hydrogens (tertiary/aromatic N) is 1. The van der Waals surface area contributed by atoms with Crippen molar-refractivity contribution in [3.63, 3.8) is 0 Å². The monoisotopic (exact) mass is 256 g/mol. The van der Waals surface area contributed by atoms with E-state index in [-0.39, 0.29) is 11.5 Å². The Hall–Kier alpha value is -0.610. The Kier molecular flexibility index (Phi) is 6.09. The zero-order valence-electron chi connectivity index (χ0n) is 12.3. The Morgan fingerprint density at radius 3 is 2.44 bits per heavy atom. The average Bonchev–Trinajstić information content (AvgIpc) is 2.32. The highest BCUT2D eigenvalue weighted by atomic mass is 16.5. The first-order chi connectivity index (χ1) is 8.51. The number of likely N-dealkylation sites (tertiary alicyclic amines) is 1. The number of hydrogen-bond acceptors (Lipinski definition) is 4. The summed E-state index contributed by atoms with van der Waals surface area (Å²) in [7, 11) is 1.47. The number of hydrogen-bond donors (Lipinski definition) is 1. The van der Waals surface area contributed by atoms with Crippen molar-refractivity contribution in [2.45, 2.75) is 45.6 Å². The van der Waals surface area contributed by atoms with E-state index in [1.54, 1.807) is 0 Å². The number of carbonyl (C=O) groups excluding carboxylic acids is 1. The lowest BCUT2D eigenvalue weighted by Gasteiger charge is -2.42. The van der Waals surface area contributed by atoms with Crippen LogP contribution in [0.3, 0.4) is 0 Å². The smallest absolute Gasteiger partial charge is 0.307 e. The van der Waals surface area contributed by atoms with Crippen LogP contribution in [0.4, 0.5) is 0 Å². The number of methoxy groups -OCH3 is 1. The lowest BCUT2D eigenvalue weighted by atomic mass is 9.84. The van der Waals surface area contributed by atoms with Gasteiger partial charge in [-0.2, -0.15) is 0 Å². The number of rotatable bonds is 6. The van der Waals surface area contributed by atoms with E-state index in [1.165, 1.54) is 7.11 Å². The predicted molar refractivity (Wildman–Crippen MR) is 73.6 cm³/mol. The summed E-state index contributed by atoms with van der Waals surface area (Å²) in [6, 6.07) is 0. The number of ether oxygens (including phenoxy) is 1. The van der Waals surface area contributed by atoms with Crippen LogP contribution in [0.15, 0.2) is 0 Å². The molecule has 1 rings (SSSR count). The first-order valence-electron chi connectivity index (χ1n) is 7.05. The second-order valence-electron chi connectivity index (χ2n) is 5.76. The van der Waals surface area contributed by atoms with Crippen LogP contribution in [0.5, 0.6) is 0 Å². The topological polar surface area (TPSA) is 41.6 Å². The maximum atomic E-state index is 11.5. The standard InChI is InChI=1S/C14H28N2O2/c1-5-15-14(10-13(17)18-4)6-8-16(9-7-14)11-12(2)3/h12,15H,5-11H2,1-4H3. The highest BCUT2D eigenvalue weighted by molar-refractivity contribution is 5.70. The molecule has 1 fully saturated rings. The first-order valence-corrected chi connectivity index (χ1v) is 7.05. The van der Waals surface area contributed by atoms with Crippen molar-refractivity contribution in [2.24, 2.45) is 5.92 Å². The van der Waals surface area contributed by atoms with Crippen molar-refractivity contribution >= 4 is 5.97 Å². The zero-order chi connectivity index (χ0) is 13.6. The molecule has 18 heavy (non-hydrogen) atoms. The summed E-state index contributed by atoms with van der Waals surface area (Å²) in [4.78, 5) is 14.0. The van der Waals surface area contributed by atoms with E-state index >= 15 is 0 Å². The van der Waals surface area contributed by atoms with E-state index in [0.717, 1.165) is 39.0 Å². The van der Waals surface area contributed by atoms with Crippen LogP contribution in [0.25, 0.3) is 0 Å². The van der Waals surface area contributed by atoms with E-state index in [1.807, 2.05) is 0 Å². The summed E-state index contributed by atoms with van der Waals surface area (Å²) in [5, 5.41) is 3.51. The third-order valence-electron chi connectivity index (χ3n) is 3.70. The normalized spacial score (nSPS) is 20.1. The fourth-order valence-electron chi connectivity index (χ4n) is 2.82. The molecule has 0 aliphatic carbocycles. The summed E-state index contributed by atoms with van der Waals surface area (Å²) in [5.41, 5.74) is -0.0463. The molecular weight excluding hydrogens is 228 g/mol. The van der Waals surface area contributed by atoms with Crippen LogP contribution >= 0.6 is 0 Å². The van der Waals surface area contributed by atoms with E-state index in [2.05, 4.69) is 31.0 Å². The van der Waals surface area contributed by atoms with Crippen molar-refractivity contribution in [1.29, 1.82) is 0 Å². The van der Waals surface area contributed by atoms with Gasteiger partial charge >= 0.3 is 5.97 Å². The van der Waals surface area contributed by atoms with Gasteiger partial charge in [-0.1, -0.05) is 20.8 Å². The third-order valence-corrected chi connectivity index (χ3v) is 3.70. The van der Waals surface area contributed by atoms with Crippen molar-refractivity contribution < 1.29 is 9.53 Å². The molecular formula is C14H28N2O2. The number of carbonyl (C=O) groups is 1. The van der Waals surface area contributed by atoms with Gasteiger partial charge in [0.1, 0.15) is 0 Å². The van der Waals surface area contributed by atoms with Crippen LogP contribution in [0.2, 0.25) is 0 Å². The summed E-state index contributed by atoms with van der Waals surface area (Å²) < 4.78 is 4.82. The summed E-state index contributed by atoms with van der Waals surface area (Å²) in [6.45, 7) is 10.8. The molecule has 0 saturated carbocycles. The highest BCUT2D eigenvalue weighted by Gasteiger charge is 2.36. The minimum atomic E-state index is -0.103. The summed E-state index contributed by atoms with van der Waals surface area (Å²) in [5.74, 6) is 0.602. The van der Waals surface area contributed by atoms with Crippen molar-refractivity contribution in [2.75, 3.05) is 33.3 Å². The van der Waals surface area contributed by atoms with Gasteiger partial charge in [-0.05, 0) is 38.4 Å². The Morgan fingerprint density at radius 2 is 2.00 bits per heavy atom. The number of piperidine rings is 1. The van der Waals surface area contributed by atoms with Crippen LogP contribution < -0.4 is 5.32 Å². The average molecular weight is 256 g/mol. The molecule has 1 heterocycles. The van der Waals surface area contributed by atoms with Crippen LogP contribution in [0.1, 0.15) is 40.0 Å². The van der Waals surface area contributed by atoms with Gasteiger partial charge in [-0.25, -0.2) is 0 Å². The van der Waals surface area contributed by atoms with Crippen molar-refractivity contribution in [3.05, 3.63) is 0 Å². The second-order valence-corrected chi connectivity index (χ2v) is 5.76. The third kappa shape index (κ3) is 4.58. The molecule has 0 spiro atoms. The Morgan fingerprint density at radius 1 is 1.39 bits per heavy atom. The molecule has 1 aliphatic heterocycles. The predicted octanol–water partition coefficient (Wildman–Crippen LogP) is 1.65. The molecule has 0 unspecified atom stereocenters. The van der Waals surface area contributed by atoms with Gasteiger partial charge in [0.25, 0.3) is 0 Å². The first kappa shape index (κ1) is 15.4. The lowest BCUT2D eigenvalue weighted by molar-refractivity contribution is -0.143. The van der Waals surface area contributed by atoms with Gasteiger partial charge in [-0.15, -0.1) is 0 Å². The van der Waals surface area contributed by atoms with E-state index < -0.39 is 0 Å². The summed E-state index contributed by atoms with van der Waals surface area (Å²) in [6.07, 6.45) is 2.55. The van der Waals surface area contributed by atoms with Gasteiger partial charge < -0.3 is 15.0 Å². The van der Waals surface area contributed by atoms with E-state index in [9.17, 15) is 4.79 Å². The molecule has 1 N–H and O–H groups in total. The van der Waals surface area contributed by atoms with Gasteiger partial charge in [-0.3, -0.25) is 4.79 Å². The second kappa shape index (κ2) is 7.10. The molecule has 0 aromatic rings. The van der Waals surface area contributed by atoms with Crippen LogP contribution in [0, 0.1) is 5.92 Å². The fourth-order valence-corrected chi connectivity index (χ4v) is 2.82. The van der Waals surface area contributed by atoms with Gasteiger partial charge in [0.2, 0.25) is 0 Å². The molecule has 0 aromatic carbocycles. The molecule has 0 radical (unpaired) electrons. The van der Waals surface area contributed by atoms with E-state index in [4.69, 9.17) is 4.74 Å². The quantitative estimate of drug-likeness (QED) is 0.734. The Bertz CT molecular complexity index is 259. The number of esters is 1. The van der Waals surface area contributed by atoms with Gasteiger partial charge in [0, 0.05) is 12.1 Å². The maximum absolute atomic E-state index is 11.5. The Balaban J connectivity index is 2.53. The summed E-state index contributed by atoms with van der Waals surface area (Å²) >= 11 is 0. The molecule has 0 aromatic heterocycles. The van der Waals surface area contributed by atoms with Crippen molar-refractivity contribution in [1.82, 2.24) is 10.2 Å². The highest BCUT2D eigenvalue weighted by Crippen LogP contribution is 2.26. The zero-order valence-corrected chi connectivity index (χ0v) is 12.3. The molecule has 4 nitrogen and oxygen atoms in total. The molecule has 106 valence electrons. The fraction of sp³-hybridized carbons (Fsp3) is 0.929. The SMILES string of the molecule is CCNC1(CC(=O)OC)CCN(CC(C)C)CC1. The van der Waals surface area contributed by atoms with Gasteiger partial charge in [0.05, 0.1) is 13.5 Å². The van der Waals surface area contributed by atoms with Crippen LogP contribution in [-0.4, -0.2) is 49.7 Å². The molecule has 1 aliphatic rings. The Labute approximate surface area is 111 Å². The maximum Gasteiger partial charge on any atom is 0.307 e. The van der Waals surface area contributed by atoms with Gasteiger partial charge in [0.15, 0.2) is 0 Å². The lowest BCUT2D eigenvalue weighted by Crippen LogP contribution is -2.54. The molecule has 1 saturated heterocycles.